The normalized spacial score (nSPS) is 12.0. The van der Waals surface area contributed by atoms with Crippen LogP contribution < -0.4 is 15.4 Å². The number of nitrogens with one attached hydrogen (secondary N) is 3. The number of rotatable bonds is 7. The van der Waals surface area contributed by atoms with Crippen molar-refractivity contribution in [2.24, 2.45) is 4.99 Å². The molecule has 2 rings (SSSR count). The maximum atomic E-state index is 13.0. The minimum absolute atomic E-state index is 0.206. The number of guanidine groups is 1. The van der Waals surface area contributed by atoms with Gasteiger partial charge < -0.3 is 10.6 Å². The van der Waals surface area contributed by atoms with E-state index in [1.807, 2.05) is 13.0 Å². The Labute approximate surface area is 153 Å². The average Bonchev–Trinajstić information content (AvgIpc) is 2.65. The van der Waals surface area contributed by atoms with E-state index in [4.69, 9.17) is 0 Å². The zero-order valence-electron chi connectivity index (χ0n) is 14.8. The van der Waals surface area contributed by atoms with Crippen LogP contribution in [0.4, 0.5) is 4.39 Å². The SMILES string of the molecule is CCNC(=NCc1cccc(S(=O)(=O)NC)c1)NCc1ccc(F)cc1. The summed E-state index contributed by atoms with van der Waals surface area (Å²) in [5.41, 5.74) is 1.71. The van der Waals surface area contributed by atoms with Gasteiger partial charge in [-0.05, 0) is 49.4 Å². The Hall–Kier alpha value is -2.45. The van der Waals surface area contributed by atoms with Crippen molar-refractivity contribution in [1.29, 1.82) is 0 Å². The second-order valence-electron chi connectivity index (χ2n) is 5.53. The van der Waals surface area contributed by atoms with Gasteiger partial charge in [-0.25, -0.2) is 22.5 Å². The Morgan fingerprint density at radius 1 is 1.08 bits per heavy atom. The summed E-state index contributed by atoms with van der Waals surface area (Å²) in [6.45, 7) is 3.46. The zero-order valence-corrected chi connectivity index (χ0v) is 15.6. The molecule has 26 heavy (non-hydrogen) atoms. The number of benzene rings is 2. The van der Waals surface area contributed by atoms with Crippen molar-refractivity contribution >= 4 is 16.0 Å². The van der Waals surface area contributed by atoms with E-state index in [-0.39, 0.29) is 10.7 Å². The summed E-state index contributed by atoms with van der Waals surface area (Å²) in [5.74, 6) is 0.324. The maximum absolute atomic E-state index is 13.0. The molecule has 0 aliphatic carbocycles. The summed E-state index contributed by atoms with van der Waals surface area (Å²) < 4.78 is 39.0. The van der Waals surface area contributed by atoms with Crippen LogP contribution in [-0.2, 0) is 23.1 Å². The van der Waals surface area contributed by atoms with E-state index >= 15 is 0 Å². The van der Waals surface area contributed by atoms with E-state index in [0.717, 1.165) is 11.1 Å². The van der Waals surface area contributed by atoms with Crippen molar-refractivity contribution in [3.63, 3.8) is 0 Å². The number of halogens is 1. The van der Waals surface area contributed by atoms with Gasteiger partial charge in [-0.15, -0.1) is 0 Å². The molecule has 0 fully saturated rings. The van der Waals surface area contributed by atoms with Crippen LogP contribution in [0.25, 0.3) is 0 Å². The highest BCUT2D eigenvalue weighted by molar-refractivity contribution is 7.89. The molecule has 0 heterocycles. The van der Waals surface area contributed by atoms with E-state index in [1.54, 1.807) is 24.3 Å². The quantitative estimate of drug-likeness (QED) is 0.508. The molecule has 0 aliphatic heterocycles. The average molecular weight is 378 g/mol. The number of hydrogen-bond acceptors (Lipinski definition) is 3. The third-order valence-electron chi connectivity index (χ3n) is 3.61. The van der Waals surface area contributed by atoms with Gasteiger partial charge in [0.25, 0.3) is 0 Å². The van der Waals surface area contributed by atoms with Crippen LogP contribution in [0.1, 0.15) is 18.1 Å². The van der Waals surface area contributed by atoms with Crippen molar-refractivity contribution in [1.82, 2.24) is 15.4 Å². The first kappa shape index (κ1) is 19.9. The third kappa shape index (κ3) is 5.82. The largest absolute Gasteiger partial charge is 0.357 e. The van der Waals surface area contributed by atoms with Gasteiger partial charge in [0.15, 0.2) is 5.96 Å². The molecule has 0 aliphatic rings. The fourth-order valence-electron chi connectivity index (χ4n) is 2.23. The fraction of sp³-hybridized carbons (Fsp3) is 0.278. The van der Waals surface area contributed by atoms with Crippen LogP contribution in [-0.4, -0.2) is 28.0 Å². The molecule has 8 heteroatoms. The summed E-state index contributed by atoms with van der Waals surface area (Å²) in [4.78, 5) is 4.68. The Bertz CT molecular complexity index is 852. The van der Waals surface area contributed by atoms with E-state index in [0.29, 0.717) is 25.6 Å². The molecule has 2 aromatic carbocycles. The standard InChI is InChI=1S/C18H23FN4O2S/c1-3-21-18(22-12-14-7-9-16(19)10-8-14)23-13-15-5-4-6-17(11-15)26(24,25)20-2/h4-11,20H,3,12-13H2,1-2H3,(H2,21,22,23). The monoisotopic (exact) mass is 378 g/mol. The van der Waals surface area contributed by atoms with Gasteiger partial charge in [-0.3, -0.25) is 0 Å². The number of sulfonamides is 1. The van der Waals surface area contributed by atoms with Crippen molar-refractivity contribution in [2.75, 3.05) is 13.6 Å². The zero-order chi connectivity index (χ0) is 19.0. The lowest BCUT2D eigenvalue weighted by molar-refractivity contribution is 0.588. The molecule has 0 radical (unpaired) electrons. The molecular formula is C18H23FN4O2S. The van der Waals surface area contributed by atoms with Crippen molar-refractivity contribution in [3.8, 4) is 0 Å². The molecule has 0 bridgehead atoms. The van der Waals surface area contributed by atoms with Gasteiger partial charge in [-0.2, -0.15) is 0 Å². The van der Waals surface area contributed by atoms with E-state index in [1.165, 1.54) is 25.2 Å². The molecule has 0 aromatic heterocycles. The maximum Gasteiger partial charge on any atom is 0.240 e. The lowest BCUT2D eigenvalue weighted by atomic mass is 10.2. The predicted octanol–water partition coefficient (Wildman–Crippen LogP) is 1.99. The van der Waals surface area contributed by atoms with Crippen LogP contribution in [0, 0.1) is 5.82 Å². The first-order valence-corrected chi connectivity index (χ1v) is 9.72. The van der Waals surface area contributed by atoms with E-state index in [9.17, 15) is 12.8 Å². The second kappa shape index (κ2) is 9.30. The minimum Gasteiger partial charge on any atom is -0.357 e. The van der Waals surface area contributed by atoms with E-state index in [2.05, 4.69) is 20.3 Å². The summed E-state index contributed by atoms with van der Waals surface area (Å²) >= 11 is 0. The van der Waals surface area contributed by atoms with Gasteiger partial charge in [0.1, 0.15) is 5.82 Å². The lowest BCUT2D eigenvalue weighted by Gasteiger charge is -2.11. The summed E-state index contributed by atoms with van der Waals surface area (Å²) in [7, 11) is -2.10. The molecule has 2 aromatic rings. The van der Waals surface area contributed by atoms with Crippen molar-refractivity contribution < 1.29 is 12.8 Å². The molecule has 3 N–H and O–H groups in total. The van der Waals surface area contributed by atoms with Gasteiger partial charge in [0, 0.05) is 13.1 Å². The summed E-state index contributed by atoms with van der Waals surface area (Å²) in [5, 5.41) is 6.29. The molecule has 0 saturated carbocycles. The second-order valence-corrected chi connectivity index (χ2v) is 7.42. The molecule has 0 atom stereocenters. The Morgan fingerprint density at radius 3 is 2.46 bits per heavy atom. The molecule has 0 spiro atoms. The van der Waals surface area contributed by atoms with Crippen LogP contribution >= 0.6 is 0 Å². The molecule has 0 amide bonds. The van der Waals surface area contributed by atoms with Crippen LogP contribution in [0.2, 0.25) is 0 Å². The number of hydrogen-bond donors (Lipinski definition) is 3. The minimum atomic E-state index is -3.48. The van der Waals surface area contributed by atoms with Crippen LogP contribution in [0.3, 0.4) is 0 Å². The van der Waals surface area contributed by atoms with Crippen LogP contribution in [0.15, 0.2) is 58.4 Å². The molecule has 6 nitrogen and oxygen atoms in total. The molecule has 140 valence electrons. The highest BCUT2D eigenvalue weighted by Crippen LogP contribution is 2.12. The number of nitrogens with zero attached hydrogens (tertiary/aromatic N) is 1. The fourth-order valence-corrected chi connectivity index (χ4v) is 3.03. The Balaban J connectivity index is 2.06. The number of aliphatic imine (C=N–C) groups is 1. The van der Waals surface area contributed by atoms with Crippen molar-refractivity contribution in [3.05, 3.63) is 65.5 Å². The van der Waals surface area contributed by atoms with Crippen molar-refractivity contribution in [2.45, 2.75) is 24.9 Å². The highest BCUT2D eigenvalue weighted by atomic mass is 32.2. The van der Waals surface area contributed by atoms with Gasteiger partial charge >= 0.3 is 0 Å². The van der Waals surface area contributed by atoms with Crippen LogP contribution in [0.5, 0.6) is 0 Å². The topological polar surface area (TPSA) is 82.6 Å². The highest BCUT2D eigenvalue weighted by Gasteiger charge is 2.11. The Morgan fingerprint density at radius 2 is 1.81 bits per heavy atom. The molecule has 0 unspecified atom stereocenters. The third-order valence-corrected chi connectivity index (χ3v) is 5.03. The first-order chi connectivity index (χ1) is 12.4. The summed E-state index contributed by atoms with van der Waals surface area (Å²) in [6, 6.07) is 12.9. The van der Waals surface area contributed by atoms with E-state index < -0.39 is 10.0 Å². The van der Waals surface area contributed by atoms with Gasteiger partial charge in [-0.1, -0.05) is 24.3 Å². The summed E-state index contributed by atoms with van der Waals surface area (Å²) in [6.07, 6.45) is 0. The lowest BCUT2D eigenvalue weighted by Crippen LogP contribution is -2.36. The predicted molar refractivity (Wildman–Crippen MR) is 101 cm³/mol. The van der Waals surface area contributed by atoms with Gasteiger partial charge in [0.05, 0.1) is 11.4 Å². The van der Waals surface area contributed by atoms with Gasteiger partial charge in [0.2, 0.25) is 10.0 Å². The molecule has 0 saturated heterocycles. The smallest absolute Gasteiger partial charge is 0.240 e. The first-order valence-electron chi connectivity index (χ1n) is 8.23. The Kier molecular flexibility index (Phi) is 7.11. The molecular weight excluding hydrogens is 355 g/mol.